The molecule has 0 saturated carbocycles. The summed E-state index contributed by atoms with van der Waals surface area (Å²) in [7, 11) is 1.73. The van der Waals surface area contributed by atoms with Crippen molar-refractivity contribution in [2.45, 2.75) is 0 Å². The number of carbonyl (C=O) groups is 1. The highest BCUT2D eigenvalue weighted by Gasteiger charge is 2.18. The van der Waals surface area contributed by atoms with Gasteiger partial charge in [0, 0.05) is 19.2 Å². The zero-order chi connectivity index (χ0) is 17.4. The first kappa shape index (κ1) is 15.2. The van der Waals surface area contributed by atoms with Gasteiger partial charge in [-0.2, -0.15) is 9.61 Å². The van der Waals surface area contributed by atoms with Crippen molar-refractivity contribution in [3.8, 4) is 5.75 Å². The van der Waals surface area contributed by atoms with Crippen LogP contribution in [0.2, 0.25) is 0 Å². The number of fused-ring (bicyclic) bond motifs is 3. The van der Waals surface area contributed by atoms with Gasteiger partial charge in [0.05, 0.1) is 18.4 Å². The molecule has 1 amide bonds. The van der Waals surface area contributed by atoms with Crippen molar-refractivity contribution in [1.82, 2.24) is 19.9 Å². The number of rotatable bonds is 1. The standard InChI is InChI=1S/C16H15FN6O2/c1-18-14-7-13-21-12-6-9(2-3-11(12)17)25-5-4-19-16(24)10-8-20-23(14)15(10)22-13/h2-3,6-8,18H,4-5H2,1H3,(H,19,24)(H,21,22). The molecule has 25 heavy (non-hydrogen) atoms. The van der Waals surface area contributed by atoms with Gasteiger partial charge in [0.1, 0.15) is 35.4 Å². The molecule has 1 aliphatic rings. The van der Waals surface area contributed by atoms with Crippen molar-refractivity contribution in [2.24, 2.45) is 0 Å². The Labute approximate surface area is 142 Å². The number of aromatic nitrogens is 3. The predicted molar refractivity (Wildman–Crippen MR) is 90.0 cm³/mol. The van der Waals surface area contributed by atoms with Crippen molar-refractivity contribution >= 4 is 28.9 Å². The second kappa shape index (κ2) is 5.93. The van der Waals surface area contributed by atoms with E-state index < -0.39 is 5.82 Å². The van der Waals surface area contributed by atoms with Gasteiger partial charge in [0.2, 0.25) is 0 Å². The largest absolute Gasteiger partial charge is 0.492 e. The monoisotopic (exact) mass is 342 g/mol. The summed E-state index contributed by atoms with van der Waals surface area (Å²) < 4.78 is 21.2. The molecule has 4 rings (SSSR count). The van der Waals surface area contributed by atoms with Crippen molar-refractivity contribution < 1.29 is 13.9 Å². The third-order valence-electron chi connectivity index (χ3n) is 3.83. The molecule has 0 saturated heterocycles. The molecular formula is C16H15FN6O2. The lowest BCUT2D eigenvalue weighted by Gasteiger charge is -2.11. The lowest BCUT2D eigenvalue weighted by Crippen LogP contribution is -2.28. The highest BCUT2D eigenvalue weighted by atomic mass is 19.1. The topological polar surface area (TPSA) is 92.6 Å². The maximum atomic E-state index is 14.1. The Morgan fingerprint density at radius 2 is 2.24 bits per heavy atom. The molecule has 0 aliphatic carbocycles. The number of ether oxygens (including phenoxy) is 1. The molecule has 0 unspecified atom stereocenters. The number of amides is 1. The van der Waals surface area contributed by atoms with Crippen LogP contribution >= 0.6 is 0 Å². The van der Waals surface area contributed by atoms with Gasteiger partial charge in [-0.05, 0) is 12.1 Å². The van der Waals surface area contributed by atoms with Crippen molar-refractivity contribution in [3.63, 3.8) is 0 Å². The Hall–Kier alpha value is -3.36. The zero-order valence-electron chi connectivity index (χ0n) is 13.3. The first-order valence-electron chi connectivity index (χ1n) is 7.70. The third kappa shape index (κ3) is 2.69. The van der Waals surface area contributed by atoms with E-state index in [1.54, 1.807) is 19.2 Å². The van der Waals surface area contributed by atoms with Crippen LogP contribution in [-0.2, 0) is 0 Å². The van der Waals surface area contributed by atoms with Gasteiger partial charge in [-0.3, -0.25) is 4.79 Å². The maximum Gasteiger partial charge on any atom is 0.256 e. The fraction of sp³-hybridized carbons (Fsp3) is 0.188. The highest BCUT2D eigenvalue weighted by molar-refractivity contribution is 6.00. The summed E-state index contributed by atoms with van der Waals surface area (Å²) in [5.41, 5.74) is 0.922. The number of anilines is 3. The van der Waals surface area contributed by atoms with Crippen LogP contribution in [0.1, 0.15) is 10.4 Å². The van der Waals surface area contributed by atoms with Crippen LogP contribution in [0.3, 0.4) is 0 Å². The average Bonchev–Trinajstić information content (AvgIpc) is 3.04. The van der Waals surface area contributed by atoms with Crippen LogP contribution in [0.5, 0.6) is 5.75 Å². The second-order valence-corrected chi connectivity index (χ2v) is 5.44. The number of carbonyl (C=O) groups excluding carboxylic acids is 1. The average molecular weight is 342 g/mol. The summed E-state index contributed by atoms with van der Waals surface area (Å²) in [6, 6.07) is 6.08. The lowest BCUT2D eigenvalue weighted by atomic mass is 10.3. The maximum absolute atomic E-state index is 14.1. The van der Waals surface area contributed by atoms with Gasteiger partial charge in [-0.1, -0.05) is 0 Å². The van der Waals surface area contributed by atoms with Crippen LogP contribution < -0.4 is 20.7 Å². The molecule has 1 aromatic carbocycles. The highest BCUT2D eigenvalue weighted by Crippen LogP contribution is 2.26. The Morgan fingerprint density at radius 1 is 1.36 bits per heavy atom. The summed E-state index contributed by atoms with van der Waals surface area (Å²) >= 11 is 0. The molecule has 1 aliphatic heterocycles. The molecule has 4 bridgehead atoms. The van der Waals surface area contributed by atoms with Crippen molar-refractivity contribution in [1.29, 1.82) is 0 Å². The van der Waals surface area contributed by atoms with E-state index >= 15 is 0 Å². The molecule has 128 valence electrons. The summed E-state index contributed by atoms with van der Waals surface area (Å²) in [5, 5.41) is 12.9. The van der Waals surface area contributed by atoms with Crippen LogP contribution in [0.15, 0.2) is 30.5 Å². The summed E-state index contributed by atoms with van der Waals surface area (Å²) in [6.45, 7) is 0.558. The van der Waals surface area contributed by atoms with Crippen molar-refractivity contribution in [3.05, 3.63) is 41.8 Å². The Kier molecular flexibility index (Phi) is 3.60. The summed E-state index contributed by atoms with van der Waals surface area (Å²) in [4.78, 5) is 16.8. The quantitative estimate of drug-likeness (QED) is 0.624. The fourth-order valence-corrected chi connectivity index (χ4v) is 2.62. The number of halogens is 1. The van der Waals surface area contributed by atoms with Crippen LogP contribution in [0.25, 0.3) is 5.65 Å². The minimum Gasteiger partial charge on any atom is -0.492 e. The Bertz CT molecular complexity index is 971. The van der Waals surface area contributed by atoms with Crippen LogP contribution in [0, 0.1) is 5.82 Å². The Balaban J connectivity index is 1.90. The number of nitrogens with zero attached hydrogens (tertiary/aromatic N) is 3. The molecule has 0 atom stereocenters. The smallest absolute Gasteiger partial charge is 0.256 e. The molecule has 2 aromatic heterocycles. The molecule has 3 heterocycles. The van der Waals surface area contributed by atoms with E-state index in [1.807, 2.05) is 0 Å². The lowest BCUT2D eigenvalue weighted by molar-refractivity contribution is 0.0948. The molecular weight excluding hydrogens is 327 g/mol. The van der Waals surface area contributed by atoms with Crippen LogP contribution in [0.4, 0.5) is 21.7 Å². The SMILES string of the molecule is CNc1cc2nc3c(cnn13)C(=O)NCCOc1ccc(F)c(c1)N2. The van der Waals surface area contributed by atoms with Gasteiger partial charge in [0.25, 0.3) is 5.91 Å². The van der Waals surface area contributed by atoms with E-state index in [2.05, 4.69) is 26.0 Å². The molecule has 9 heteroatoms. The van der Waals surface area contributed by atoms with Crippen LogP contribution in [-0.4, -0.2) is 40.7 Å². The van der Waals surface area contributed by atoms with Gasteiger partial charge < -0.3 is 20.7 Å². The van der Waals surface area contributed by atoms with E-state index in [0.717, 1.165) is 0 Å². The normalized spacial score (nSPS) is 13.9. The van der Waals surface area contributed by atoms with Gasteiger partial charge >= 0.3 is 0 Å². The zero-order valence-corrected chi connectivity index (χ0v) is 13.3. The van der Waals surface area contributed by atoms with E-state index in [4.69, 9.17) is 4.74 Å². The number of hydrogen-bond acceptors (Lipinski definition) is 6. The van der Waals surface area contributed by atoms with E-state index in [0.29, 0.717) is 35.1 Å². The molecule has 0 fully saturated rings. The second-order valence-electron chi connectivity index (χ2n) is 5.44. The summed E-state index contributed by atoms with van der Waals surface area (Å²) in [6.07, 6.45) is 1.45. The number of benzene rings is 1. The number of hydrogen-bond donors (Lipinski definition) is 3. The van der Waals surface area contributed by atoms with Gasteiger partial charge in [-0.25, -0.2) is 9.37 Å². The van der Waals surface area contributed by atoms with Gasteiger partial charge in [-0.15, -0.1) is 0 Å². The first-order valence-corrected chi connectivity index (χ1v) is 7.70. The fourth-order valence-electron chi connectivity index (χ4n) is 2.62. The minimum absolute atomic E-state index is 0.232. The molecule has 0 radical (unpaired) electrons. The van der Waals surface area contributed by atoms with E-state index in [-0.39, 0.29) is 18.2 Å². The first-order chi connectivity index (χ1) is 12.2. The molecule has 0 spiro atoms. The minimum atomic E-state index is -0.433. The molecule has 3 aromatic rings. The molecule has 8 nitrogen and oxygen atoms in total. The Morgan fingerprint density at radius 3 is 3.08 bits per heavy atom. The molecule has 3 N–H and O–H groups in total. The van der Waals surface area contributed by atoms with Crippen molar-refractivity contribution in [2.75, 3.05) is 30.8 Å². The van der Waals surface area contributed by atoms with E-state index in [1.165, 1.54) is 22.8 Å². The third-order valence-corrected chi connectivity index (χ3v) is 3.83. The number of nitrogens with one attached hydrogen (secondary N) is 3. The summed E-state index contributed by atoms with van der Waals surface area (Å²) in [5.74, 6) is 0.742. The van der Waals surface area contributed by atoms with Gasteiger partial charge in [0.15, 0.2) is 5.65 Å². The predicted octanol–water partition coefficient (Wildman–Crippen LogP) is 1.78. The van der Waals surface area contributed by atoms with E-state index in [9.17, 15) is 9.18 Å².